The molecule has 5 nitrogen and oxygen atoms in total. The van der Waals surface area contributed by atoms with Crippen LogP contribution in [0.15, 0.2) is 34.1 Å². The average Bonchev–Trinajstić information content (AvgIpc) is 2.82. The topological polar surface area (TPSA) is 72.2 Å². The lowest BCUT2D eigenvalue weighted by atomic mass is 10.2. The number of rotatable bonds is 4. The molecule has 2 rings (SSSR count). The predicted octanol–water partition coefficient (Wildman–Crippen LogP) is 4.00. The van der Waals surface area contributed by atoms with Crippen molar-refractivity contribution < 1.29 is 9.72 Å². The van der Waals surface area contributed by atoms with E-state index < -0.39 is 10.8 Å². The van der Waals surface area contributed by atoms with E-state index in [0.717, 1.165) is 9.35 Å². The number of benzene rings is 1. The number of nitrogens with zero attached hydrogens (tertiary/aromatic N) is 1. The Bertz CT molecular complexity index is 674. The maximum Gasteiger partial charge on any atom is 0.270 e. The van der Waals surface area contributed by atoms with Crippen LogP contribution in [0.5, 0.6) is 0 Å². The first-order chi connectivity index (χ1) is 9.47. The van der Waals surface area contributed by atoms with Crippen molar-refractivity contribution in [1.82, 2.24) is 5.32 Å². The van der Waals surface area contributed by atoms with Crippen molar-refractivity contribution in [3.8, 4) is 0 Å². The van der Waals surface area contributed by atoms with Crippen molar-refractivity contribution in [2.45, 2.75) is 6.54 Å². The second-order valence-electron chi connectivity index (χ2n) is 3.84. The SMILES string of the molecule is O=C(NCc1cc(Br)cs1)c1cc([N+](=O)[O-])ccc1Cl. The van der Waals surface area contributed by atoms with E-state index in [0.29, 0.717) is 6.54 Å². The summed E-state index contributed by atoms with van der Waals surface area (Å²) in [5.74, 6) is -0.441. The third-order valence-corrected chi connectivity index (χ3v) is 4.48. The summed E-state index contributed by atoms with van der Waals surface area (Å²) in [6.45, 7) is 0.341. The minimum Gasteiger partial charge on any atom is -0.347 e. The molecule has 1 aromatic carbocycles. The van der Waals surface area contributed by atoms with Crippen LogP contribution in [-0.4, -0.2) is 10.8 Å². The average molecular weight is 376 g/mol. The van der Waals surface area contributed by atoms with Gasteiger partial charge in [0.05, 0.1) is 22.1 Å². The number of carbonyl (C=O) groups excluding carboxylic acids is 1. The van der Waals surface area contributed by atoms with Gasteiger partial charge in [-0.2, -0.15) is 0 Å². The first-order valence-electron chi connectivity index (χ1n) is 5.42. The van der Waals surface area contributed by atoms with E-state index in [1.165, 1.54) is 29.5 Å². The van der Waals surface area contributed by atoms with Crippen LogP contribution in [0.25, 0.3) is 0 Å². The summed E-state index contributed by atoms with van der Waals surface area (Å²) in [4.78, 5) is 23.1. The highest BCUT2D eigenvalue weighted by Gasteiger charge is 2.15. The number of non-ortho nitro benzene ring substituents is 1. The van der Waals surface area contributed by atoms with E-state index in [4.69, 9.17) is 11.6 Å². The molecule has 104 valence electrons. The maximum absolute atomic E-state index is 12.0. The molecule has 0 aliphatic heterocycles. The summed E-state index contributed by atoms with van der Waals surface area (Å²) in [5, 5.41) is 15.5. The van der Waals surface area contributed by atoms with Crippen LogP contribution >= 0.6 is 38.9 Å². The molecule has 0 fully saturated rings. The van der Waals surface area contributed by atoms with Crippen LogP contribution in [0.2, 0.25) is 5.02 Å². The van der Waals surface area contributed by atoms with E-state index in [9.17, 15) is 14.9 Å². The largest absolute Gasteiger partial charge is 0.347 e. The van der Waals surface area contributed by atoms with Gasteiger partial charge in [-0.05, 0) is 28.1 Å². The summed E-state index contributed by atoms with van der Waals surface area (Å²) in [6.07, 6.45) is 0. The predicted molar refractivity (Wildman–Crippen MR) is 81.3 cm³/mol. The van der Waals surface area contributed by atoms with Crippen LogP contribution in [-0.2, 0) is 6.54 Å². The zero-order chi connectivity index (χ0) is 14.7. The summed E-state index contributed by atoms with van der Waals surface area (Å²) in [7, 11) is 0. The fourth-order valence-corrected chi connectivity index (χ4v) is 3.10. The minimum atomic E-state index is -0.566. The van der Waals surface area contributed by atoms with E-state index >= 15 is 0 Å². The van der Waals surface area contributed by atoms with Gasteiger partial charge in [-0.1, -0.05) is 11.6 Å². The molecule has 8 heteroatoms. The Labute approximate surface area is 131 Å². The molecule has 0 spiro atoms. The van der Waals surface area contributed by atoms with Gasteiger partial charge in [-0.25, -0.2) is 0 Å². The molecular formula is C12H8BrClN2O3S. The fourth-order valence-electron chi connectivity index (χ4n) is 1.51. The van der Waals surface area contributed by atoms with Gasteiger partial charge in [0, 0.05) is 26.9 Å². The lowest BCUT2D eigenvalue weighted by Crippen LogP contribution is -2.22. The summed E-state index contributed by atoms with van der Waals surface area (Å²) >= 11 is 10.7. The molecule has 0 aliphatic carbocycles. The Hall–Kier alpha value is -1.44. The number of nitro groups is 1. The van der Waals surface area contributed by atoms with Gasteiger partial charge in [0.1, 0.15) is 0 Å². The van der Waals surface area contributed by atoms with E-state index in [2.05, 4.69) is 21.2 Å². The third kappa shape index (κ3) is 3.56. The smallest absolute Gasteiger partial charge is 0.270 e. The molecule has 0 saturated heterocycles. The summed E-state index contributed by atoms with van der Waals surface area (Å²) < 4.78 is 0.945. The molecule has 0 saturated carbocycles. The second kappa shape index (κ2) is 6.34. The zero-order valence-corrected chi connectivity index (χ0v) is 13.1. The highest BCUT2D eigenvalue weighted by atomic mass is 79.9. The van der Waals surface area contributed by atoms with Gasteiger partial charge in [0.2, 0.25) is 0 Å². The molecule has 0 radical (unpaired) electrons. The second-order valence-corrected chi connectivity index (χ2v) is 6.15. The molecule has 20 heavy (non-hydrogen) atoms. The maximum atomic E-state index is 12.0. The number of halogens is 2. The van der Waals surface area contributed by atoms with Crippen LogP contribution in [0.3, 0.4) is 0 Å². The number of thiophene rings is 1. The minimum absolute atomic E-state index is 0.0940. The van der Waals surface area contributed by atoms with Crippen LogP contribution in [0.4, 0.5) is 5.69 Å². The van der Waals surface area contributed by atoms with Gasteiger partial charge in [0.25, 0.3) is 11.6 Å². The van der Waals surface area contributed by atoms with Crippen molar-refractivity contribution >= 4 is 50.5 Å². The van der Waals surface area contributed by atoms with Gasteiger partial charge < -0.3 is 5.32 Å². The van der Waals surface area contributed by atoms with Crippen LogP contribution < -0.4 is 5.32 Å². The zero-order valence-electron chi connectivity index (χ0n) is 9.93. The van der Waals surface area contributed by atoms with E-state index in [1.807, 2.05) is 11.4 Å². The van der Waals surface area contributed by atoms with Crippen LogP contribution in [0.1, 0.15) is 15.2 Å². The van der Waals surface area contributed by atoms with Crippen molar-refractivity contribution in [2.24, 2.45) is 0 Å². The highest BCUT2D eigenvalue weighted by molar-refractivity contribution is 9.10. The molecule has 1 amide bonds. The van der Waals surface area contributed by atoms with Gasteiger partial charge >= 0.3 is 0 Å². The molecule has 1 aromatic heterocycles. The number of amides is 1. The van der Waals surface area contributed by atoms with Gasteiger partial charge in [-0.3, -0.25) is 14.9 Å². The number of nitrogens with one attached hydrogen (secondary N) is 1. The fraction of sp³-hybridized carbons (Fsp3) is 0.0833. The number of nitro benzene ring substituents is 1. The molecular weight excluding hydrogens is 368 g/mol. The molecule has 0 unspecified atom stereocenters. The number of hydrogen-bond acceptors (Lipinski definition) is 4. The quantitative estimate of drug-likeness (QED) is 0.648. The lowest BCUT2D eigenvalue weighted by Gasteiger charge is -2.05. The van der Waals surface area contributed by atoms with Gasteiger partial charge in [-0.15, -0.1) is 11.3 Å². The highest BCUT2D eigenvalue weighted by Crippen LogP contribution is 2.23. The molecule has 1 heterocycles. The Morgan fingerprint density at radius 3 is 2.80 bits per heavy atom. The first-order valence-corrected chi connectivity index (χ1v) is 7.47. The van der Waals surface area contributed by atoms with Crippen molar-refractivity contribution in [2.75, 3.05) is 0 Å². The summed E-state index contributed by atoms with van der Waals surface area (Å²) in [5.41, 5.74) is -0.0742. The molecule has 0 bridgehead atoms. The molecule has 2 aromatic rings. The lowest BCUT2D eigenvalue weighted by molar-refractivity contribution is -0.384. The van der Waals surface area contributed by atoms with Crippen LogP contribution in [0, 0.1) is 10.1 Å². The number of carbonyl (C=O) groups is 1. The third-order valence-electron chi connectivity index (χ3n) is 2.45. The van der Waals surface area contributed by atoms with Crippen molar-refractivity contribution in [3.05, 3.63) is 59.7 Å². The Morgan fingerprint density at radius 1 is 1.45 bits per heavy atom. The van der Waals surface area contributed by atoms with E-state index in [1.54, 1.807) is 0 Å². The Balaban J connectivity index is 2.12. The van der Waals surface area contributed by atoms with E-state index in [-0.39, 0.29) is 16.3 Å². The summed E-state index contributed by atoms with van der Waals surface area (Å²) in [6, 6.07) is 5.66. The van der Waals surface area contributed by atoms with Crippen molar-refractivity contribution in [1.29, 1.82) is 0 Å². The standard InChI is InChI=1S/C12H8BrClN2O3S/c13-7-3-9(20-6-7)5-15-12(17)10-4-8(16(18)19)1-2-11(10)14/h1-4,6H,5H2,(H,15,17). The first kappa shape index (κ1) is 15.0. The number of hydrogen-bond donors (Lipinski definition) is 1. The van der Waals surface area contributed by atoms with Crippen molar-refractivity contribution in [3.63, 3.8) is 0 Å². The molecule has 1 N–H and O–H groups in total. The molecule has 0 aliphatic rings. The van der Waals surface area contributed by atoms with Gasteiger partial charge in [0.15, 0.2) is 0 Å². The Morgan fingerprint density at radius 2 is 2.20 bits per heavy atom. The molecule has 0 atom stereocenters. The normalized spacial score (nSPS) is 10.3. The Kier molecular flexibility index (Phi) is 4.74. The monoisotopic (exact) mass is 374 g/mol.